The number of benzene rings is 1. The topological polar surface area (TPSA) is 75.4 Å². The van der Waals surface area contributed by atoms with Gasteiger partial charge < -0.3 is 4.42 Å². The van der Waals surface area contributed by atoms with Gasteiger partial charge in [-0.2, -0.15) is 0 Å². The van der Waals surface area contributed by atoms with Gasteiger partial charge in [-0.25, -0.2) is 10.5 Å². The number of carbonyl (C=O) groups excluding carboxylic acids is 1. The maximum Gasteiger partial charge on any atom is 0.255 e. The molecule has 0 aliphatic heterocycles. The standard InChI is InChI=1S/C15H17BrN2O3/c1-10(11-3-5-12(16)6-4-11)2-7-13(14(19)18-20)15-17-8-9-21-15/h3-6,8-10,13,20H,2,7H2,1H3,(H,18,19). The summed E-state index contributed by atoms with van der Waals surface area (Å²) in [6.45, 7) is 2.10. The summed E-state index contributed by atoms with van der Waals surface area (Å²) in [7, 11) is 0. The molecule has 2 atom stereocenters. The molecule has 2 N–H and O–H groups in total. The molecule has 1 amide bonds. The summed E-state index contributed by atoms with van der Waals surface area (Å²) in [6.07, 6.45) is 4.24. The molecular formula is C15H17BrN2O3. The van der Waals surface area contributed by atoms with Crippen LogP contribution < -0.4 is 5.48 Å². The Bertz CT molecular complexity index is 569. The predicted molar refractivity (Wildman–Crippen MR) is 81.0 cm³/mol. The Morgan fingerprint density at radius 2 is 2.10 bits per heavy atom. The Labute approximate surface area is 131 Å². The van der Waals surface area contributed by atoms with Gasteiger partial charge in [0.15, 0.2) is 0 Å². The summed E-state index contributed by atoms with van der Waals surface area (Å²) in [5, 5.41) is 8.84. The van der Waals surface area contributed by atoms with E-state index in [9.17, 15) is 4.79 Å². The minimum atomic E-state index is -0.581. The SMILES string of the molecule is CC(CCC(C(=O)NO)c1ncco1)c1ccc(Br)cc1. The van der Waals surface area contributed by atoms with E-state index in [0.717, 1.165) is 10.9 Å². The van der Waals surface area contributed by atoms with Crippen molar-refractivity contribution < 1.29 is 14.4 Å². The molecule has 2 rings (SSSR count). The Hall–Kier alpha value is -1.66. The highest BCUT2D eigenvalue weighted by Crippen LogP contribution is 2.28. The largest absolute Gasteiger partial charge is 0.448 e. The lowest BCUT2D eigenvalue weighted by atomic mass is 9.91. The fraction of sp³-hybridized carbons (Fsp3) is 0.333. The molecule has 2 unspecified atom stereocenters. The van der Waals surface area contributed by atoms with Gasteiger partial charge in [-0.1, -0.05) is 35.0 Å². The molecule has 0 saturated carbocycles. The van der Waals surface area contributed by atoms with E-state index in [4.69, 9.17) is 9.62 Å². The van der Waals surface area contributed by atoms with Gasteiger partial charge in [0.1, 0.15) is 12.2 Å². The zero-order valence-corrected chi connectivity index (χ0v) is 13.2. The summed E-state index contributed by atoms with van der Waals surface area (Å²) in [5.74, 6) is -0.463. The van der Waals surface area contributed by atoms with Gasteiger partial charge in [-0.15, -0.1) is 0 Å². The van der Waals surface area contributed by atoms with Crippen molar-refractivity contribution >= 4 is 21.8 Å². The molecule has 6 heteroatoms. The van der Waals surface area contributed by atoms with E-state index in [2.05, 4.69) is 40.0 Å². The van der Waals surface area contributed by atoms with Gasteiger partial charge in [0.05, 0.1) is 6.20 Å². The van der Waals surface area contributed by atoms with Crippen LogP contribution in [0.2, 0.25) is 0 Å². The molecule has 1 heterocycles. The smallest absolute Gasteiger partial charge is 0.255 e. The summed E-state index contributed by atoms with van der Waals surface area (Å²) in [4.78, 5) is 15.7. The lowest BCUT2D eigenvalue weighted by Crippen LogP contribution is -2.26. The quantitative estimate of drug-likeness (QED) is 0.615. The average Bonchev–Trinajstić information content (AvgIpc) is 3.01. The van der Waals surface area contributed by atoms with Crippen molar-refractivity contribution in [3.05, 3.63) is 52.7 Å². The van der Waals surface area contributed by atoms with Crippen molar-refractivity contribution in [1.82, 2.24) is 10.5 Å². The van der Waals surface area contributed by atoms with Crippen molar-refractivity contribution in [1.29, 1.82) is 0 Å². The molecule has 0 aliphatic rings. The van der Waals surface area contributed by atoms with Crippen LogP contribution in [0.3, 0.4) is 0 Å². The molecule has 1 aromatic carbocycles. The van der Waals surface area contributed by atoms with Gasteiger partial charge in [0, 0.05) is 4.47 Å². The Morgan fingerprint density at radius 3 is 2.67 bits per heavy atom. The molecule has 0 bridgehead atoms. The van der Waals surface area contributed by atoms with Crippen LogP contribution in [0.4, 0.5) is 0 Å². The van der Waals surface area contributed by atoms with E-state index in [0.29, 0.717) is 18.2 Å². The van der Waals surface area contributed by atoms with Crippen molar-refractivity contribution in [2.45, 2.75) is 31.6 Å². The number of halogens is 1. The first-order chi connectivity index (χ1) is 10.1. The number of nitrogens with zero attached hydrogens (tertiary/aromatic N) is 1. The highest BCUT2D eigenvalue weighted by molar-refractivity contribution is 9.10. The maximum absolute atomic E-state index is 11.7. The molecule has 0 fully saturated rings. The number of hydrogen-bond donors (Lipinski definition) is 2. The van der Waals surface area contributed by atoms with E-state index >= 15 is 0 Å². The first-order valence-corrected chi connectivity index (χ1v) is 7.50. The first kappa shape index (κ1) is 15.7. The van der Waals surface area contributed by atoms with E-state index in [1.807, 2.05) is 12.1 Å². The molecule has 0 spiro atoms. The van der Waals surface area contributed by atoms with Crippen LogP contribution in [0.5, 0.6) is 0 Å². The van der Waals surface area contributed by atoms with E-state index in [1.165, 1.54) is 18.0 Å². The maximum atomic E-state index is 11.7. The van der Waals surface area contributed by atoms with Gasteiger partial charge in [0.2, 0.25) is 5.89 Å². The Balaban J connectivity index is 2.01. The molecule has 2 aromatic rings. The molecule has 112 valence electrons. The fourth-order valence-corrected chi connectivity index (χ4v) is 2.49. The fourth-order valence-electron chi connectivity index (χ4n) is 2.23. The number of aromatic nitrogens is 1. The number of hydrogen-bond acceptors (Lipinski definition) is 4. The number of rotatable bonds is 6. The van der Waals surface area contributed by atoms with E-state index in [1.54, 1.807) is 5.48 Å². The second-order valence-electron chi connectivity index (χ2n) is 4.93. The number of nitrogens with one attached hydrogen (secondary N) is 1. The lowest BCUT2D eigenvalue weighted by Gasteiger charge is -2.15. The molecule has 0 aliphatic carbocycles. The van der Waals surface area contributed by atoms with Gasteiger partial charge in [-0.3, -0.25) is 10.0 Å². The molecule has 21 heavy (non-hydrogen) atoms. The minimum absolute atomic E-state index is 0.294. The van der Waals surface area contributed by atoms with Gasteiger partial charge >= 0.3 is 0 Å². The molecule has 5 nitrogen and oxygen atoms in total. The van der Waals surface area contributed by atoms with Crippen molar-refractivity contribution in [3.8, 4) is 0 Å². The monoisotopic (exact) mass is 352 g/mol. The highest BCUT2D eigenvalue weighted by atomic mass is 79.9. The second-order valence-corrected chi connectivity index (χ2v) is 5.84. The minimum Gasteiger partial charge on any atom is -0.448 e. The van der Waals surface area contributed by atoms with Crippen LogP contribution in [-0.4, -0.2) is 16.1 Å². The van der Waals surface area contributed by atoms with Crippen molar-refractivity contribution in [2.75, 3.05) is 0 Å². The van der Waals surface area contributed by atoms with Crippen LogP contribution in [0.15, 0.2) is 45.6 Å². The van der Waals surface area contributed by atoms with E-state index < -0.39 is 11.8 Å². The number of oxazole rings is 1. The van der Waals surface area contributed by atoms with Crippen LogP contribution >= 0.6 is 15.9 Å². The van der Waals surface area contributed by atoms with Crippen LogP contribution in [0, 0.1) is 0 Å². The average molecular weight is 353 g/mol. The lowest BCUT2D eigenvalue weighted by molar-refractivity contribution is -0.131. The van der Waals surface area contributed by atoms with Crippen LogP contribution in [0.1, 0.15) is 43.1 Å². The van der Waals surface area contributed by atoms with Gasteiger partial charge in [-0.05, 0) is 36.5 Å². The molecular weight excluding hydrogens is 336 g/mol. The second kappa shape index (κ2) is 7.38. The van der Waals surface area contributed by atoms with Gasteiger partial charge in [0.25, 0.3) is 5.91 Å². The third kappa shape index (κ3) is 4.15. The van der Waals surface area contributed by atoms with Crippen molar-refractivity contribution in [3.63, 3.8) is 0 Å². The molecule has 0 radical (unpaired) electrons. The highest BCUT2D eigenvalue weighted by Gasteiger charge is 2.25. The third-order valence-electron chi connectivity index (χ3n) is 3.50. The Morgan fingerprint density at radius 1 is 1.38 bits per heavy atom. The first-order valence-electron chi connectivity index (χ1n) is 6.70. The van der Waals surface area contributed by atoms with Crippen LogP contribution in [0.25, 0.3) is 0 Å². The summed E-state index contributed by atoms with van der Waals surface area (Å²) >= 11 is 3.41. The number of carbonyl (C=O) groups is 1. The van der Waals surface area contributed by atoms with Crippen molar-refractivity contribution in [2.24, 2.45) is 0 Å². The van der Waals surface area contributed by atoms with Crippen LogP contribution in [-0.2, 0) is 4.79 Å². The summed E-state index contributed by atoms with van der Waals surface area (Å²) in [6, 6.07) is 8.11. The normalized spacial score (nSPS) is 13.7. The molecule has 1 aromatic heterocycles. The third-order valence-corrected chi connectivity index (χ3v) is 4.03. The summed E-state index contributed by atoms with van der Waals surface area (Å²) < 4.78 is 6.22. The van der Waals surface area contributed by atoms with E-state index in [-0.39, 0.29) is 0 Å². The zero-order chi connectivity index (χ0) is 15.2. The zero-order valence-electron chi connectivity index (χ0n) is 11.6. The Kier molecular flexibility index (Phi) is 5.52. The number of hydroxylamine groups is 1. The molecule has 0 saturated heterocycles. The summed E-state index contributed by atoms with van der Waals surface area (Å²) in [5.41, 5.74) is 2.88. The predicted octanol–water partition coefficient (Wildman–Crippen LogP) is 3.61. The number of amides is 1.